The summed E-state index contributed by atoms with van der Waals surface area (Å²) in [6.45, 7) is 3.22. The molecule has 20 heavy (non-hydrogen) atoms. The molecule has 3 rings (SSSR count). The van der Waals surface area contributed by atoms with Crippen LogP contribution < -0.4 is 9.64 Å². The third kappa shape index (κ3) is 2.46. The average Bonchev–Trinajstić information content (AvgIpc) is 2.92. The molecule has 7 heteroatoms. The molecule has 0 aliphatic carbocycles. The Bertz CT molecular complexity index is 513. The van der Waals surface area contributed by atoms with Gasteiger partial charge in [0.05, 0.1) is 23.7 Å². The lowest BCUT2D eigenvalue weighted by Gasteiger charge is -2.39. The molecular weight excluding hydrogens is 324 g/mol. The molecule has 0 spiro atoms. The largest absolute Gasteiger partial charge is 0.480 e. The normalized spacial score (nSPS) is 19.1. The van der Waals surface area contributed by atoms with Gasteiger partial charge in [0.1, 0.15) is 0 Å². The van der Waals surface area contributed by atoms with E-state index in [9.17, 15) is 4.79 Å². The van der Waals surface area contributed by atoms with E-state index in [1.165, 1.54) is 0 Å². The first-order valence-corrected chi connectivity index (χ1v) is 7.58. The lowest BCUT2D eigenvalue weighted by molar-refractivity contribution is -0.135. The number of anilines is 1. The second kappa shape index (κ2) is 5.55. The first kappa shape index (κ1) is 13.6. The molecule has 1 aromatic heterocycles. The van der Waals surface area contributed by atoms with Crippen molar-refractivity contribution < 1.29 is 9.53 Å². The molecule has 6 nitrogen and oxygen atoms in total. The van der Waals surface area contributed by atoms with E-state index < -0.39 is 0 Å². The fraction of sp³-hybridized carbons (Fsp3) is 0.615. The van der Waals surface area contributed by atoms with Crippen LogP contribution in [0.2, 0.25) is 0 Å². The van der Waals surface area contributed by atoms with Gasteiger partial charge < -0.3 is 14.5 Å². The number of carbonyl (C=O) groups excluding carboxylic acids is 1. The van der Waals surface area contributed by atoms with Gasteiger partial charge in [-0.1, -0.05) is 0 Å². The molecule has 2 saturated heterocycles. The van der Waals surface area contributed by atoms with Crippen LogP contribution >= 0.6 is 15.9 Å². The summed E-state index contributed by atoms with van der Waals surface area (Å²) in [6, 6.07) is 0. The van der Waals surface area contributed by atoms with Gasteiger partial charge in [-0.3, -0.25) is 4.79 Å². The van der Waals surface area contributed by atoms with E-state index in [0.717, 1.165) is 30.4 Å². The summed E-state index contributed by atoms with van der Waals surface area (Å²) in [4.78, 5) is 24.8. The summed E-state index contributed by atoms with van der Waals surface area (Å²) in [5, 5.41) is 0. The number of likely N-dealkylation sites (tertiary alicyclic amines) is 1. The van der Waals surface area contributed by atoms with Crippen molar-refractivity contribution >= 4 is 27.8 Å². The summed E-state index contributed by atoms with van der Waals surface area (Å²) in [5.41, 5.74) is 0. The smallest absolute Gasteiger partial charge is 0.232 e. The number of amides is 1. The van der Waals surface area contributed by atoms with E-state index in [1.54, 1.807) is 13.3 Å². The Morgan fingerprint density at radius 3 is 2.75 bits per heavy atom. The average molecular weight is 341 g/mol. The third-order valence-electron chi connectivity index (χ3n) is 3.82. The quantitative estimate of drug-likeness (QED) is 0.830. The zero-order valence-electron chi connectivity index (χ0n) is 11.4. The molecule has 0 unspecified atom stereocenters. The van der Waals surface area contributed by atoms with E-state index in [2.05, 4.69) is 25.9 Å². The van der Waals surface area contributed by atoms with Gasteiger partial charge in [-0.25, -0.2) is 4.98 Å². The van der Waals surface area contributed by atoms with E-state index in [4.69, 9.17) is 4.74 Å². The fourth-order valence-electron chi connectivity index (χ4n) is 2.63. The lowest BCUT2D eigenvalue weighted by atomic mass is 9.99. The molecule has 0 radical (unpaired) electrons. The number of halogens is 1. The lowest BCUT2D eigenvalue weighted by Crippen LogP contribution is -2.54. The van der Waals surface area contributed by atoms with Crippen LogP contribution in [0.4, 0.5) is 5.95 Å². The number of carbonyl (C=O) groups is 1. The van der Waals surface area contributed by atoms with Crippen molar-refractivity contribution in [2.45, 2.75) is 12.8 Å². The van der Waals surface area contributed by atoms with Crippen LogP contribution in [-0.4, -0.2) is 54.1 Å². The van der Waals surface area contributed by atoms with Crippen LogP contribution in [0.1, 0.15) is 12.8 Å². The Morgan fingerprint density at radius 2 is 2.10 bits per heavy atom. The number of nitrogens with zero attached hydrogens (tertiary/aromatic N) is 4. The maximum atomic E-state index is 12.2. The molecule has 0 bridgehead atoms. The topological polar surface area (TPSA) is 58.6 Å². The number of methoxy groups -OCH3 is 1. The van der Waals surface area contributed by atoms with Crippen molar-refractivity contribution in [1.29, 1.82) is 0 Å². The maximum absolute atomic E-state index is 12.2. The second-order valence-corrected chi connectivity index (χ2v) is 6.02. The van der Waals surface area contributed by atoms with Gasteiger partial charge >= 0.3 is 0 Å². The van der Waals surface area contributed by atoms with Crippen LogP contribution in [0.5, 0.6) is 5.88 Å². The van der Waals surface area contributed by atoms with Gasteiger partial charge in [0, 0.05) is 26.2 Å². The van der Waals surface area contributed by atoms with Crippen molar-refractivity contribution in [2.24, 2.45) is 5.92 Å². The van der Waals surface area contributed by atoms with Gasteiger partial charge in [-0.2, -0.15) is 4.98 Å². The summed E-state index contributed by atoms with van der Waals surface area (Å²) in [5.74, 6) is 1.51. The number of ether oxygens (including phenoxy) is 1. The Kier molecular flexibility index (Phi) is 3.78. The highest BCUT2D eigenvalue weighted by atomic mass is 79.9. The molecular formula is C13H17BrN4O2. The zero-order chi connectivity index (χ0) is 14.1. The highest BCUT2D eigenvalue weighted by Crippen LogP contribution is 2.28. The van der Waals surface area contributed by atoms with E-state index in [0.29, 0.717) is 24.9 Å². The van der Waals surface area contributed by atoms with Gasteiger partial charge in [-0.05, 0) is 28.8 Å². The Hall–Kier alpha value is -1.37. The van der Waals surface area contributed by atoms with Gasteiger partial charge in [0.2, 0.25) is 17.7 Å². The minimum absolute atomic E-state index is 0.0892. The molecule has 2 aliphatic heterocycles. The summed E-state index contributed by atoms with van der Waals surface area (Å²) in [6.07, 6.45) is 3.95. The van der Waals surface area contributed by atoms with Gasteiger partial charge in [-0.15, -0.1) is 0 Å². The van der Waals surface area contributed by atoms with E-state index >= 15 is 0 Å². The molecule has 2 aliphatic rings. The Labute approximate surface area is 126 Å². The van der Waals surface area contributed by atoms with Gasteiger partial charge in [0.25, 0.3) is 0 Å². The second-order valence-electron chi connectivity index (χ2n) is 5.16. The Balaban J connectivity index is 1.61. The van der Waals surface area contributed by atoms with E-state index in [-0.39, 0.29) is 11.8 Å². The van der Waals surface area contributed by atoms with Crippen LogP contribution in [0, 0.1) is 5.92 Å². The van der Waals surface area contributed by atoms with Crippen molar-refractivity contribution in [3.8, 4) is 5.88 Å². The third-order valence-corrected chi connectivity index (χ3v) is 4.37. The SMILES string of the molecule is COc1nc(N2CC(C(=O)N3CCCC3)C2)ncc1Br. The first-order chi connectivity index (χ1) is 9.69. The van der Waals surface area contributed by atoms with E-state index in [1.807, 2.05) is 9.80 Å². The maximum Gasteiger partial charge on any atom is 0.232 e. The molecule has 0 atom stereocenters. The van der Waals surface area contributed by atoms with Crippen LogP contribution in [0.15, 0.2) is 10.7 Å². The van der Waals surface area contributed by atoms with Crippen LogP contribution in [0.3, 0.4) is 0 Å². The number of aromatic nitrogens is 2. The first-order valence-electron chi connectivity index (χ1n) is 6.79. The molecule has 3 heterocycles. The van der Waals surface area contributed by atoms with Crippen molar-refractivity contribution in [3.63, 3.8) is 0 Å². The molecule has 1 aromatic rings. The summed E-state index contributed by atoms with van der Waals surface area (Å²) in [7, 11) is 1.58. The molecule has 0 N–H and O–H groups in total. The molecule has 1 amide bonds. The minimum atomic E-state index is 0.0892. The number of hydrogen-bond donors (Lipinski definition) is 0. The summed E-state index contributed by atoms with van der Waals surface area (Å²) >= 11 is 3.33. The minimum Gasteiger partial charge on any atom is -0.480 e. The van der Waals surface area contributed by atoms with Crippen molar-refractivity contribution in [3.05, 3.63) is 10.7 Å². The van der Waals surface area contributed by atoms with Crippen molar-refractivity contribution in [2.75, 3.05) is 38.2 Å². The molecule has 108 valence electrons. The van der Waals surface area contributed by atoms with Crippen molar-refractivity contribution in [1.82, 2.24) is 14.9 Å². The number of hydrogen-bond acceptors (Lipinski definition) is 5. The fourth-order valence-corrected chi connectivity index (χ4v) is 2.98. The highest BCUT2D eigenvalue weighted by Gasteiger charge is 2.37. The monoisotopic (exact) mass is 340 g/mol. The van der Waals surface area contributed by atoms with Gasteiger partial charge in [0.15, 0.2) is 0 Å². The number of rotatable bonds is 3. The van der Waals surface area contributed by atoms with Crippen LogP contribution in [0.25, 0.3) is 0 Å². The predicted octanol–water partition coefficient (Wildman–Crippen LogP) is 1.31. The van der Waals surface area contributed by atoms with Crippen LogP contribution in [-0.2, 0) is 4.79 Å². The molecule has 2 fully saturated rings. The summed E-state index contributed by atoms with van der Waals surface area (Å²) < 4.78 is 5.89. The Morgan fingerprint density at radius 1 is 1.40 bits per heavy atom. The molecule has 0 aromatic carbocycles. The standard InChI is InChI=1S/C13H17BrN4O2/c1-20-11-10(14)6-15-13(16-11)18-7-9(8-18)12(19)17-4-2-3-5-17/h6,9H,2-5,7-8H2,1H3. The highest BCUT2D eigenvalue weighted by molar-refractivity contribution is 9.10. The zero-order valence-corrected chi connectivity index (χ0v) is 13.0. The predicted molar refractivity (Wildman–Crippen MR) is 77.8 cm³/mol. The molecule has 0 saturated carbocycles.